The number of methoxy groups -OCH3 is 1. The van der Waals surface area contributed by atoms with E-state index in [1.54, 1.807) is 7.11 Å². The molecule has 0 saturated heterocycles. The number of aryl methyl sites for hydroxylation is 1. The molecule has 18 heavy (non-hydrogen) atoms. The van der Waals surface area contributed by atoms with Gasteiger partial charge in [-0.05, 0) is 43.4 Å². The molecule has 1 fully saturated rings. The van der Waals surface area contributed by atoms with Crippen LogP contribution in [0, 0.1) is 12.8 Å². The molecule has 98 valence electrons. The fourth-order valence-corrected chi connectivity index (χ4v) is 2.26. The zero-order valence-electron chi connectivity index (χ0n) is 11.5. The van der Waals surface area contributed by atoms with Gasteiger partial charge in [0, 0.05) is 5.54 Å². The van der Waals surface area contributed by atoms with Crippen LogP contribution in [0.2, 0.25) is 0 Å². The Morgan fingerprint density at radius 1 is 1.39 bits per heavy atom. The van der Waals surface area contributed by atoms with E-state index < -0.39 is 0 Å². The van der Waals surface area contributed by atoms with Crippen LogP contribution in [-0.4, -0.2) is 18.6 Å². The van der Waals surface area contributed by atoms with Crippen molar-refractivity contribution in [2.75, 3.05) is 7.11 Å². The molecule has 1 N–H and O–H groups in total. The molecule has 1 saturated carbocycles. The van der Waals surface area contributed by atoms with Crippen molar-refractivity contribution in [3.8, 4) is 5.75 Å². The lowest BCUT2D eigenvalue weighted by atomic mass is 10.0. The summed E-state index contributed by atoms with van der Waals surface area (Å²) < 4.78 is 5.28. The van der Waals surface area contributed by atoms with Crippen LogP contribution in [0.4, 0.5) is 0 Å². The highest BCUT2D eigenvalue weighted by Crippen LogP contribution is 2.42. The van der Waals surface area contributed by atoms with Gasteiger partial charge in [-0.15, -0.1) is 0 Å². The molecule has 1 aromatic rings. The Morgan fingerprint density at radius 3 is 2.56 bits per heavy atom. The van der Waals surface area contributed by atoms with Crippen LogP contribution >= 0.6 is 0 Å². The van der Waals surface area contributed by atoms with Gasteiger partial charge in [0.05, 0.1) is 12.7 Å². The summed E-state index contributed by atoms with van der Waals surface area (Å²) in [6, 6.07) is 5.66. The van der Waals surface area contributed by atoms with E-state index in [0.29, 0.717) is 17.2 Å². The zero-order valence-corrected chi connectivity index (χ0v) is 11.5. The fourth-order valence-electron chi connectivity index (χ4n) is 2.26. The second-order valence-corrected chi connectivity index (χ2v) is 5.47. The molecule has 3 nitrogen and oxygen atoms in total. The molecular weight excluding hydrogens is 226 g/mol. The lowest BCUT2D eigenvalue weighted by Gasteiger charge is -2.22. The summed E-state index contributed by atoms with van der Waals surface area (Å²) in [4.78, 5) is 12.3. The van der Waals surface area contributed by atoms with E-state index in [1.807, 2.05) is 25.1 Å². The number of carbonyl (C=O) groups is 1. The Labute approximate surface area is 109 Å². The van der Waals surface area contributed by atoms with Crippen LogP contribution in [0.15, 0.2) is 18.2 Å². The number of hydrogen-bond donors (Lipinski definition) is 1. The molecule has 1 aliphatic carbocycles. The number of nitrogens with one attached hydrogen (secondary N) is 1. The predicted octanol–water partition coefficient (Wildman–Crippen LogP) is 2.92. The smallest absolute Gasteiger partial charge is 0.255 e. The molecule has 0 aliphatic heterocycles. The number of rotatable bonds is 4. The maximum Gasteiger partial charge on any atom is 0.255 e. The van der Waals surface area contributed by atoms with Gasteiger partial charge in [0.1, 0.15) is 5.75 Å². The summed E-state index contributed by atoms with van der Waals surface area (Å²) in [7, 11) is 1.60. The maximum atomic E-state index is 12.3. The summed E-state index contributed by atoms with van der Waals surface area (Å²) >= 11 is 0. The van der Waals surface area contributed by atoms with E-state index in [-0.39, 0.29) is 11.4 Å². The third-order valence-electron chi connectivity index (χ3n) is 3.86. The van der Waals surface area contributed by atoms with Crippen LogP contribution in [-0.2, 0) is 0 Å². The number of carbonyl (C=O) groups excluding carboxylic acids is 1. The minimum Gasteiger partial charge on any atom is -0.496 e. The molecule has 0 atom stereocenters. The molecule has 1 amide bonds. The molecule has 0 aromatic heterocycles. The molecule has 1 aliphatic rings. The summed E-state index contributed by atoms with van der Waals surface area (Å²) in [6.07, 6.45) is 2.15. The SMILES string of the molecule is COc1cc(C)ccc1C(=O)NC1(C(C)C)CC1. The number of benzene rings is 1. The number of hydrogen-bond acceptors (Lipinski definition) is 2. The van der Waals surface area contributed by atoms with Crippen LogP contribution in [0.3, 0.4) is 0 Å². The normalized spacial score (nSPS) is 16.5. The van der Waals surface area contributed by atoms with Gasteiger partial charge in [0.2, 0.25) is 0 Å². The molecule has 3 heteroatoms. The van der Waals surface area contributed by atoms with Gasteiger partial charge in [-0.2, -0.15) is 0 Å². The first-order valence-electron chi connectivity index (χ1n) is 6.46. The van der Waals surface area contributed by atoms with Crippen molar-refractivity contribution in [1.29, 1.82) is 0 Å². The van der Waals surface area contributed by atoms with Crippen molar-refractivity contribution in [1.82, 2.24) is 5.32 Å². The Hall–Kier alpha value is -1.51. The van der Waals surface area contributed by atoms with Crippen molar-refractivity contribution in [3.63, 3.8) is 0 Å². The standard InChI is InChI=1S/C15H21NO2/c1-10(2)15(7-8-15)16-14(17)12-6-5-11(3)9-13(12)18-4/h5-6,9-10H,7-8H2,1-4H3,(H,16,17). The Morgan fingerprint density at radius 2 is 2.06 bits per heavy atom. The van der Waals surface area contributed by atoms with E-state index in [4.69, 9.17) is 4.74 Å². The Balaban J connectivity index is 2.19. The van der Waals surface area contributed by atoms with Crippen molar-refractivity contribution in [2.24, 2.45) is 5.92 Å². The predicted molar refractivity (Wildman–Crippen MR) is 72.0 cm³/mol. The minimum absolute atomic E-state index is 0.00693. The molecule has 0 bridgehead atoms. The minimum atomic E-state index is -0.0296. The van der Waals surface area contributed by atoms with Crippen LogP contribution in [0.1, 0.15) is 42.6 Å². The molecular formula is C15H21NO2. The summed E-state index contributed by atoms with van der Waals surface area (Å²) in [5.74, 6) is 1.09. The van der Waals surface area contributed by atoms with Crippen molar-refractivity contribution in [3.05, 3.63) is 29.3 Å². The van der Waals surface area contributed by atoms with Crippen LogP contribution in [0.5, 0.6) is 5.75 Å². The zero-order chi connectivity index (χ0) is 13.3. The summed E-state index contributed by atoms with van der Waals surface area (Å²) in [5.41, 5.74) is 1.72. The van der Waals surface area contributed by atoms with E-state index >= 15 is 0 Å². The van der Waals surface area contributed by atoms with E-state index in [2.05, 4.69) is 19.2 Å². The van der Waals surface area contributed by atoms with Crippen molar-refractivity contribution >= 4 is 5.91 Å². The third kappa shape index (κ3) is 2.35. The van der Waals surface area contributed by atoms with Gasteiger partial charge >= 0.3 is 0 Å². The Kier molecular flexibility index (Phi) is 3.33. The van der Waals surface area contributed by atoms with E-state index in [1.165, 1.54) is 0 Å². The molecule has 0 heterocycles. The van der Waals surface area contributed by atoms with Gasteiger partial charge in [0.15, 0.2) is 0 Å². The van der Waals surface area contributed by atoms with Crippen LogP contribution < -0.4 is 10.1 Å². The topological polar surface area (TPSA) is 38.3 Å². The van der Waals surface area contributed by atoms with E-state index in [9.17, 15) is 4.79 Å². The van der Waals surface area contributed by atoms with Crippen molar-refractivity contribution < 1.29 is 9.53 Å². The third-order valence-corrected chi connectivity index (χ3v) is 3.86. The quantitative estimate of drug-likeness (QED) is 0.888. The maximum absolute atomic E-state index is 12.3. The lowest BCUT2D eigenvalue weighted by Crippen LogP contribution is -2.40. The number of amides is 1. The summed E-state index contributed by atoms with van der Waals surface area (Å²) in [6.45, 7) is 6.29. The van der Waals surface area contributed by atoms with Crippen LogP contribution in [0.25, 0.3) is 0 Å². The monoisotopic (exact) mass is 247 g/mol. The summed E-state index contributed by atoms with van der Waals surface area (Å²) in [5, 5.41) is 3.16. The average Bonchev–Trinajstić information content (AvgIpc) is 3.09. The molecule has 0 unspecified atom stereocenters. The largest absolute Gasteiger partial charge is 0.496 e. The molecule has 2 rings (SSSR count). The highest BCUT2D eigenvalue weighted by molar-refractivity contribution is 5.97. The highest BCUT2D eigenvalue weighted by atomic mass is 16.5. The molecule has 0 spiro atoms. The first kappa shape index (κ1) is 12.9. The second kappa shape index (κ2) is 4.63. The van der Waals surface area contributed by atoms with Crippen molar-refractivity contribution in [2.45, 2.75) is 39.2 Å². The second-order valence-electron chi connectivity index (χ2n) is 5.47. The van der Waals surface area contributed by atoms with Gasteiger partial charge in [-0.1, -0.05) is 19.9 Å². The number of ether oxygens (including phenoxy) is 1. The highest BCUT2D eigenvalue weighted by Gasteiger charge is 2.46. The van der Waals surface area contributed by atoms with Gasteiger partial charge in [-0.3, -0.25) is 4.79 Å². The lowest BCUT2D eigenvalue weighted by molar-refractivity contribution is 0.0915. The van der Waals surface area contributed by atoms with Gasteiger partial charge in [-0.25, -0.2) is 0 Å². The first-order chi connectivity index (χ1) is 8.48. The van der Waals surface area contributed by atoms with Gasteiger partial charge < -0.3 is 10.1 Å². The first-order valence-corrected chi connectivity index (χ1v) is 6.46. The average molecular weight is 247 g/mol. The van der Waals surface area contributed by atoms with E-state index in [0.717, 1.165) is 18.4 Å². The molecule has 0 radical (unpaired) electrons. The fraction of sp³-hybridized carbons (Fsp3) is 0.533. The molecule has 1 aromatic carbocycles. The Bertz CT molecular complexity index is 462. The van der Waals surface area contributed by atoms with Gasteiger partial charge in [0.25, 0.3) is 5.91 Å².